The maximum atomic E-state index is 12.4. The molecule has 104 valence electrons. The summed E-state index contributed by atoms with van der Waals surface area (Å²) in [6.45, 7) is 3.87. The van der Waals surface area contributed by atoms with Gasteiger partial charge in [-0.25, -0.2) is 8.42 Å². The summed E-state index contributed by atoms with van der Waals surface area (Å²) in [4.78, 5) is 0.0583. The third kappa shape index (κ3) is 2.89. The molecular weight excluding hydrogens is 258 g/mol. The zero-order valence-electron chi connectivity index (χ0n) is 10.8. The van der Waals surface area contributed by atoms with Crippen LogP contribution in [0, 0.1) is 6.92 Å². The van der Waals surface area contributed by atoms with Gasteiger partial charge in [-0.3, -0.25) is 5.10 Å². The fourth-order valence-electron chi connectivity index (χ4n) is 1.69. The molecule has 0 atom stereocenters. The van der Waals surface area contributed by atoms with E-state index in [0.29, 0.717) is 18.8 Å². The largest absolute Gasteiger partial charge is 0.390 e. The summed E-state index contributed by atoms with van der Waals surface area (Å²) in [5.74, 6) is 0. The van der Waals surface area contributed by atoms with Crippen LogP contribution in [-0.2, 0) is 21.4 Å². The van der Waals surface area contributed by atoms with Crippen LogP contribution in [0.15, 0.2) is 4.90 Å². The van der Waals surface area contributed by atoms with Crippen molar-refractivity contribution in [2.75, 3.05) is 26.8 Å². The highest BCUT2D eigenvalue weighted by molar-refractivity contribution is 7.89. The van der Waals surface area contributed by atoms with Crippen molar-refractivity contribution in [3.8, 4) is 0 Å². The van der Waals surface area contributed by atoms with E-state index in [2.05, 4.69) is 10.2 Å². The Morgan fingerprint density at radius 3 is 2.67 bits per heavy atom. The minimum absolute atomic E-state index is 0.0583. The smallest absolute Gasteiger partial charge is 0.246 e. The number of nitrogens with one attached hydrogen (secondary N) is 1. The Kier molecular flexibility index (Phi) is 5.27. The second kappa shape index (κ2) is 6.28. The molecule has 0 amide bonds. The number of hydrogen-bond acceptors (Lipinski definition) is 5. The normalized spacial score (nSPS) is 12.3. The number of methoxy groups -OCH3 is 1. The summed E-state index contributed by atoms with van der Waals surface area (Å²) >= 11 is 0. The number of ether oxygens (including phenoxy) is 1. The van der Waals surface area contributed by atoms with Crippen molar-refractivity contribution in [2.45, 2.75) is 25.3 Å². The van der Waals surface area contributed by atoms with Gasteiger partial charge in [-0.05, 0) is 6.92 Å². The Morgan fingerprint density at radius 1 is 1.50 bits per heavy atom. The van der Waals surface area contributed by atoms with E-state index in [1.165, 1.54) is 11.4 Å². The fraction of sp³-hybridized carbons (Fsp3) is 0.700. The first-order valence-corrected chi connectivity index (χ1v) is 7.06. The number of aromatic nitrogens is 2. The number of rotatable bonds is 7. The maximum Gasteiger partial charge on any atom is 0.246 e. The highest BCUT2D eigenvalue weighted by Crippen LogP contribution is 2.21. The van der Waals surface area contributed by atoms with E-state index in [0.717, 1.165) is 0 Å². The molecule has 1 aromatic rings. The Balaban J connectivity index is 3.14. The number of aliphatic hydroxyl groups excluding tert-OH is 1. The molecule has 0 fully saturated rings. The lowest BCUT2D eigenvalue weighted by atomic mass is 10.4. The molecule has 7 nitrogen and oxygen atoms in total. The molecule has 0 spiro atoms. The van der Waals surface area contributed by atoms with Gasteiger partial charge in [0.05, 0.1) is 18.9 Å². The molecule has 0 aliphatic heterocycles. The number of H-pyrrole nitrogens is 1. The molecule has 1 heterocycles. The van der Waals surface area contributed by atoms with Gasteiger partial charge in [-0.1, -0.05) is 6.92 Å². The van der Waals surface area contributed by atoms with Gasteiger partial charge in [-0.2, -0.15) is 9.40 Å². The molecule has 0 aromatic carbocycles. The second-order valence-corrected chi connectivity index (χ2v) is 5.65. The predicted octanol–water partition coefficient (Wildman–Crippen LogP) is -0.133. The van der Waals surface area contributed by atoms with Crippen molar-refractivity contribution in [1.29, 1.82) is 0 Å². The Labute approximate surface area is 107 Å². The molecule has 0 aliphatic rings. The van der Waals surface area contributed by atoms with Gasteiger partial charge in [0.1, 0.15) is 10.6 Å². The molecule has 1 aromatic heterocycles. The molecule has 1 rings (SSSR count). The predicted molar refractivity (Wildman–Crippen MR) is 65.6 cm³/mol. The van der Waals surface area contributed by atoms with Crippen molar-refractivity contribution in [1.82, 2.24) is 14.5 Å². The summed E-state index contributed by atoms with van der Waals surface area (Å²) in [5, 5.41) is 15.5. The maximum absolute atomic E-state index is 12.4. The quantitative estimate of drug-likeness (QED) is 0.723. The van der Waals surface area contributed by atoms with Gasteiger partial charge in [0.25, 0.3) is 0 Å². The molecule has 2 N–H and O–H groups in total. The van der Waals surface area contributed by atoms with Gasteiger partial charge >= 0.3 is 0 Å². The molecule has 0 bridgehead atoms. The van der Waals surface area contributed by atoms with Crippen LogP contribution in [0.4, 0.5) is 0 Å². The van der Waals surface area contributed by atoms with Crippen molar-refractivity contribution in [3.05, 3.63) is 11.4 Å². The Hall–Kier alpha value is -0.960. The van der Waals surface area contributed by atoms with Gasteiger partial charge in [0.2, 0.25) is 10.0 Å². The lowest BCUT2D eigenvalue weighted by Gasteiger charge is -2.20. The lowest BCUT2D eigenvalue weighted by Crippen LogP contribution is -2.34. The molecule has 8 heteroatoms. The van der Waals surface area contributed by atoms with Crippen molar-refractivity contribution in [2.24, 2.45) is 0 Å². The molecule has 18 heavy (non-hydrogen) atoms. The summed E-state index contributed by atoms with van der Waals surface area (Å²) in [6, 6.07) is 0. The number of aromatic amines is 1. The topological polar surface area (TPSA) is 95.5 Å². The highest BCUT2D eigenvalue weighted by Gasteiger charge is 2.29. The molecule has 0 saturated carbocycles. The van der Waals surface area contributed by atoms with Gasteiger partial charge < -0.3 is 9.84 Å². The molecule has 0 unspecified atom stereocenters. The van der Waals surface area contributed by atoms with Crippen LogP contribution in [0.5, 0.6) is 0 Å². The van der Waals surface area contributed by atoms with Gasteiger partial charge in [-0.15, -0.1) is 0 Å². The van der Waals surface area contributed by atoms with E-state index < -0.39 is 16.6 Å². The first-order chi connectivity index (χ1) is 8.48. The number of aliphatic hydroxyl groups is 1. The molecule has 0 radical (unpaired) electrons. The first kappa shape index (κ1) is 15.1. The van der Waals surface area contributed by atoms with Crippen LogP contribution in [0.2, 0.25) is 0 Å². The fourth-order valence-corrected chi connectivity index (χ4v) is 3.44. The monoisotopic (exact) mass is 277 g/mol. The number of sulfonamides is 1. The second-order valence-electron chi connectivity index (χ2n) is 3.77. The minimum Gasteiger partial charge on any atom is -0.390 e. The van der Waals surface area contributed by atoms with E-state index in [1.807, 2.05) is 0 Å². The van der Waals surface area contributed by atoms with Crippen molar-refractivity contribution >= 4 is 10.0 Å². The van der Waals surface area contributed by atoms with E-state index in [9.17, 15) is 8.42 Å². The van der Waals surface area contributed by atoms with Crippen molar-refractivity contribution < 1.29 is 18.3 Å². The summed E-state index contributed by atoms with van der Waals surface area (Å²) in [6.07, 6.45) is 0. The zero-order chi connectivity index (χ0) is 13.8. The van der Waals surface area contributed by atoms with Crippen LogP contribution in [0.25, 0.3) is 0 Å². The highest BCUT2D eigenvalue weighted by atomic mass is 32.2. The minimum atomic E-state index is -3.65. The first-order valence-electron chi connectivity index (χ1n) is 5.62. The third-order valence-electron chi connectivity index (χ3n) is 2.61. The molecule has 0 aliphatic carbocycles. The Bertz CT molecular complexity index is 483. The summed E-state index contributed by atoms with van der Waals surface area (Å²) in [5.41, 5.74) is 0.568. The number of hydrogen-bond donors (Lipinski definition) is 2. The zero-order valence-corrected chi connectivity index (χ0v) is 11.6. The number of likely N-dealkylation sites (N-methyl/N-ethyl adjacent to an activating group) is 1. The number of nitrogens with zero attached hydrogens (tertiary/aromatic N) is 2. The van der Waals surface area contributed by atoms with Gasteiger partial charge in [0, 0.05) is 20.2 Å². The van der Waals surface area contributed by atoms with E-state index in [4.69, 9.17) is 9.84 Å². The van der Waals surface area contributed by atoms with Crippen LogP contribution < -0.4 is 0 Å². The molecular formula is C10H19N3O4S. The van der Waals surface area contributed by atoms with E-state index in [-0.39, 0.29) is 17.1 Å². The van der Waals surface area contributed by atoms with Gasteiger partial charge in [0.15, 0.2) is 0 Å². The lowest BCUT2D eigenvalue weighted by molar-refractivity contribution is 0.180. The van der Waals surface area contributed by atoms with Crippen LogP contribution in [-0.4, -0.2) is 54.8 Å². The average molecular weight is 277 g/mol. The Morgan fingerprint density at radius 2 is 2.17 bits per heavy atom. The van der Waals surface area contributed by atoms with Crippen LogP contribution in [0.1, 0.15) is 18.3 Å². The van der Waals surface area contributed by atoms with E-state index >= 15 is 0 Å². The molecule has 0 saturated heterocycles. The van der Waals surface area contributed by atoms with E-state index in [1.54, 1.807) is 13.8 Å². The van der Waals surface area contributed by atoms with Crippen LogP contribution in [0.3, 0.4) is 0 Å². The number of aryl methyl sites for hydroxylation is 1. The summed E-state index contributed by atoms with van der Waals surface area (Å²) < 4.78 is 31.1. The van der Waals surface area contributed by atoms with Crippen molar-refractivity contribution in [3.63, 3.8) is 0 Å². The average Bonchev–Trinajstić information content (AvgIpc) is 2.71. The SMILES string of the molecule is CCN(CCOC)S(=O)(=O)c1c(CO)n[nH]c1C. The standard InChI is InChI=1S/C10H19N3O4S/c1-4-13(5-6-17-3)18(15,16)10-8(2)11-12-9(10)7-14/h14H,4-7H2,1-3H3,(H,11,12). The van der Waals surface area contributed by atoms with Crippen LogP contribution >= 0.6 is 0 Å². The summed E-state index contributed by atoms with van der Waals surface area (Å²) in [7, 11) is -2.14. The third-order valence-corrected chi connectivity index (χ3v) is 4.78.